The van der Waals surface area contributed by atoms with Crippen molar-refractivity contribution in [2.45, 2.75) is 130 Å². The van der Waals surface area contributed by atoms with E-state index in [9.17, 15) is 17.8 Å². The number of carbonyl (C=O) groups is 1. The zero-order valence-corrected chi connectivity index (χ0v) is 23.1. The number of nitrogens with zero attached hydrogens (tertiary/aromatic N) is 1. The topological polar surface area (TPSA) is 86.7 Å². The Bertz CT molecular complexity index is 811. The van der Waals surface area contributed by atoms with Gasteiger partial charge in [0.15, 0.2) is 0 Å². The third kappa shape index (κ3) is 10.3. The lowest BCUT2D eigenvalue weighted by Gasteiger charge is -2.28. The van der Waals surface area contributed by atoms with Crippen molar-refractivity contribution in [1.82, 2.24) is 4.31 Å². The molecule has 0 spiro atoms. The predicted molar refractivity (Wildman–Crippen MR) is 143 cm³/mol. The number of para-hydroxylation sites is 1. The summed E-state index contributed by atoms with van der Waals surface area (Å²) >= 11 is 0. The third-order valence-corrected chi connectivity index (χ3v) is 7.45. The van der Waals surface area contributed by atoms with Crippen molar-refractivity contribution in [2.24, 2.45) is 0 Å². The molecule has 7 heteroatoms. The number of urea groups is 1. The number of amides is 2. The van der Waals surface area contributed by atoms with Gasteiger partial charge in [0.05, 0.1) is 0 Å². The second-order valence-electron chi connectivity index (χ2n) is 10.1. The molecule has 1 aromatic carbocycles. The molecule has 0 aliphatic carbocycles. The highest BCUT2D eigenvalue weighted by Gasteiger charge is 2.31. The van der Waals surface area contributed by atoms with E-state index < -0.39 is 22.4 Å². The molecule has 0 heterocycles. The lowest BCUT2D eigenvalue weighted by molar-refractivity contribution is 0.219. The van der Waals surface area contributed by atoms with Crippen molar-refractivity contribution >= 4 is 22.0 Å². The molecule has 0 fully saturated rings. The Kier molecular flexibility index (Phi) is 13.8. The number of unbranched alkanes of at least 4 members (excludes halogenated alkanes) is 9. The van der Waals surface area contributed by atoms with E-state index >= 15 is 0 Å². The Morgan fingerprint density at radius 3 is 1.71 bits per heavy atom. The van der Waals surface area contributed by atoms with E-state index in [-0.39, 0.29) is 11.8 Å². The van der Waals surface area contributed by atoms with Crippen molar-refractivity contribution in [2.75, 3.05) is 5.32 Å². The van der Waals surface area contributed by atoms with Crippen LogP contribution in [0.1, 0.15) is 135 Å². The van der Waals surface area contributed by atoms with E-state index in [2.05, 4.69) is 12.2 Å². The minimum absolute atomic E-state index is 0.150. The van der Waals surface area contributed by atoms with Gasteiger partial charge in [-0.05, 0) is 36.3 Å². The van der Waals surface area contributed by atoms with Crippen molar-refractivity contribution in [3.05, 3.63) is 29.3 Å². The molecule has 1 atom stereocenters. The zero-order chi connectivity index (χ0) is 25.7. The van der Waals surface area contributed by atoms with Crippen LogP contribution in [0.5, 0.6) is 0 Å². The summed E-state index contributed by atoms with van der Waals surface area (Å²) in [6, 6.07) is 4.40. The molecule has 1 aromatic rings. The molecule has 2 N–H and O–H groups in total. The lowest BCUT2D eigenvalue weighted by atomic mass is 9.93. The molecule has 0 aromatic heterocycles. The van der Waals surface area contributed by atoms with E-state index in [1.54, 1.807) is 6.92 Å². The van der Waals surface area contributed by atoms with Gasteiger partial charge in [0, 0.05) is 11.7 Å². The van der Waals surface area contributed by atoms with Crippen molar-refractivity contribution in [3.63, 3.8) is 0 Å². The standard InChI is InChI=1S/C27H48N2O4S/c1-7-8-9-10-11-12-13-14-15-16-18-23(6)29(34(31,32)33)27(30)28-26-24(21(2)3)19-17-20-25(26)22(4)5/h17,19-23H,7-16,18H2,1-6H3,(H,28,30)(H,31,32,33). The Balaban J connectivity index is 2.73. The fourth-order valence-electron chi connectivity index (χ4n) is 4.43. The van der Waals surface area contributed by atoms with Gasteiger partial charge < -0.3 is 5.32 Å². The molecule has 2 amide bonds. The average Bonchev–Trinajstić information content (AvgIpc) is 2.73. The first-order valence-corrected chi connectivity index (χ1v) is 14.6. The summed E-state index contributed by atoms with van der Waals surface area (Å²) in [6.07, 6.45) is 12.4. The highest BCUT2D eigenvalue weighted by molar-refractivity contribution is 7.84. The number of hydrogen-bond donors (Lipinski definition) is 2. The molecular formula is C27H48N2O4S. The molecule has 0 aliphatic heterocycles. The summed E-state index contributed by atoms with van der Waals surface area (Å²) in [5, 5.41) is 2.82. The van der Waals surface area contributed by atoms with E-state index in [4.69, 9.17) is 0 Å². The van der Waals surface area contributed by atoms with E-state index in [0.717, 1.165) is 30.4 Å². The number of nitrogens with one attached hydrogen (secondary N) is 1. The average molecular weight is 497 g/mol. The van der Waals surface area contributed by atoms with E-state index in [1.807, 2.05) is 45.9 Å². The van der Waals surface area contributed by atoms with Crippen LogP contribution in [-0.2, 0) is 10.3 Å². The summed E-state index contributed by atoms with van der Waals surface area (Å²) in [7, 11) is -4.69. The number of benzene rings is 1. The monoisotopic (exact) mass is 496 g/mol. The van der Waals surface area contributed by atoms with Gasteiger partial charge >= 0.3 is 16.3 Å². The molecule has 0 saturated heterocycles. The molecule has 6 nitrogen and oxygen atoms in total. The van der Waals surface area contributed by atoms with E-state index in [0.29, 0.717) is 16.4 Å². The first-order chi connectivity index (χ1) is 16.0. The van der Waals surface area contributed by atoms with Gasteiger partial charge in [0.2, 0.25) is 0 Å². The van der Waals surface area contributed by atoms with Crippen LogP contribution in [-0.4, -0.2) is 29.3 Å². The van der Waals surface area contributed by atoms with Crippen LogP contribution in [0, 0.1) is 0 Å². The highest BCUT2D eigenvalue weighted by atomic mass is 32.2. The minimum Gasteiger partial charge on any atom is -0.306 e. The third-order valence-electron chi connectivity index (χ3n) is 6.43. The van der Waals surface area contributed by atoms with Crippen LogP contribution >= 0.6 is 0 Å². The maximum absolute atomic E-state index is 13.1. The minimum atomic E-state index is -4.69. The van der Waals surface area contributed by atoms with Gasteiger partial charge in [0.25, 0.3) is 0 Å². The Morgan fingerprint density at radius 1 is 0.853 bits per heavy atom. The number of hydrogen-bond acceptors (Lipinski definition) is 3. The number of anilines is 1. The Morgan fingerprint density at radius 2 is 1.29 bits per heavy atom. The normalized spacial score (nSPS) is 12.9. The van der Waals surface area contributed by atoms with Gasteiger partial charge in [-0.15, -0.1) is 0 Å². The first-order valence-electron chi connectivity index (χ1n) is 13.2. The SMILES string of the molecule is CCCCCCCCCCCCC(C)N(C(=O)Nc1c(C(C)C)cccc1C(C)C)S(=O)(=O)O. The summed E-state index contributed by atoms with van der Waals surface area (Å²) in [4.78, 5) is 13.1. The summed E-state index contributed by atoms with van der Waals surface area (Å²) in [6.45, 7) is 12.0. The number of rotatable bonds is 16. The smallest absolute Gasteiger partial charge is 0.306 e. The van der Waals surface area contributed by atoms with Crippen LogP contribution in [0.25, 0.3) is 0 Å². The van der Waals surface area contributed by atoms with Gasteiger partial charge in [-0.3, -0.25) is 4.55 Å². The molecule has 0 saturated carbocycles. The summed E-state index contributed by atoms with van der Waals surface area (Å²) in [5.41, 5.74) is 2.52. The second kappa shape index (κ2) is 15.4. The lowest BCUT2D eigenvalue weighted by Crippen LogP contribution is -2.45. The predicted octanol–water partition coefficient (Wildman–Crippen LogP) is 8.27. The number of carbonyl (C=O) groups excluding carboxylic acids is 1. The van der Waals surface area contributed by atoms with Crippen LogP contribution < -0.4 is 5.32 Å². The fourth-order valence-corrected chi connectivity index (χ4v) is 5.25. The molecule has 0 aliphatic rings. The van der Waals surface area contributed by atoms with Crippen LogP contribution in [0.3, 0.4) is 0 Å². The summed E-state index contributed by atoms with van der Waals surface area (Å²) in [5.74, 6) is 0.300. The van der Waals surface area contributed by atoms with Crippen LogP contribution in [0.2, 0.25) is 0 Å². The highest BCUT2D eigenvalue weighted by Crippen LogP contribution is 2.33. The van der Waals surface area contributed by atoms with Crippen LogP contribution in [0.4, 0.5) is 10.5 Å². The largest absolute Gasteiger partial charge is 0.363 e. The molecule has 1 unspecified atom stereocenters. The Hall–Kier alpha value is -1.60. The van der Waals surface area contributed by atoms with Gasteiger partial charge in [-0.1, -0.05) is 117 Å². The molecule has 0 radical (unpaired) electrons. The Labute approximate surface area is 208 Å². The van der Waals surface area contributed by atoms with Gasteiger partial charge in [-0.25, -0.2) is 4.79 Å². The van der Waals surface area contributed by atoms with E-state index in [1.165, 1.54) is 44.9 Å². The molecular weight excluding hydrogens is 448 g/mol. The summed E-state index contributed by atoms with van der Waals surface area (Å²) < 4.78 is 34.7. The maximum Gasteiger partial charge on any atom is 0.363 e. The van der Waals surface area contributed by atoms with Crippen LogP contribution in [0.15, 0.2) is 18.2 Å². The zero-order valence-electron chi connectivity index (χ0n) is 22.3. The van der Waals surface area contributed by atoms with Crippen molar-refractivity contribution in [1.29, 1.82) is 0 Å². The molecule has 196 valence electrons. The van der Waals surface area contributed by atoms with Gasteiger partial charge in [0.1, 0.15) is 0 Å². The molecule has 34 heavy (non-hydrogen) atoms. The molecule has 1 rings (SSSR count). The maximum atomic E-state index is 13.1. The first kappa shape index (κ1) is 30.4. The quantitative estimate of drug-likeness (QED) is 0.178. The van der Waals surface area contributed by atoms with Gasteiger partial charge in [-0.2, -0.15) is 12.7 Å². The molecule has 0 bridgehead atoms. The van der Waals surface area contributed by atoms with Crippen molar-refractivity contribution in [3.8, 4) is 0 Å². The van der Waals surface area contributed by atoms with Crippen molar-refractivity contribution < 1.29 is 17.8 Å². The fraction of sp³-hybridized carbons (Fsp3) is 0.741. The second-order valence-corrected chi connectivity index (χ2v) is 11.4.